The van der Waals surface area contributed by atoms with E-state index in [0.29, 0.717) is 17.0 Å². The lowest BCUT2D eigenvalue weighted by Gasteiger charge is -2.21. The van der Waals surface area contributed by atoms with Crippen molar-refractivity contribution in [3.05, 3.63) is 66.4 Å². The van der Waals surface area contributed by atoms with Crippen molar-refractivity contribution < 1.29 is 27.4 Å². The molecule has 1 saturated heterocycles. The predicted octanol–water partition coefficient (Wildman–Crippen LogP) is 6.95. The molecule has 1 N–H and O–H groups in total. The van der Waals surface area contributed by atoms with E-state index in [1.165, 1.54) is 37.1 Å². The average Bonchev–Trinajstić information content (AvgIpc) is 3.10. The topological polar surface area (TPSA) is 63.7 Å². The van der Waals surface area contributed by atoms with E-state index < -0.39 is 12.5 Å². The van der Waals surface area contributed by atoms with Gasteiger partial charge < -0.3 is 14.4 Å². The molecule has 2 heterocycles. The number of rotatable bonds is 5. The third-order valence-corrected chi connectivity index (χ3v) is 5.74. The molecule has 184 valence electrons. The summed E-state index contributed by atoms with van der Waals surface area (Å²) in [5.74, 6) is 0.884. The van der Waals surface area contributed by atoms with E-state index in [2.05, 4.69) is 19.9 Å². The second kappa shape index (κ2) is 10.7. The zero-order chi connectivity index (χ0) is 24.8. The standard InChI is InChI=1S/C26H26F3N3O3/c1-18-6-10-22(16-23(18)19-7-11-21(12-8-19)35-26(27,28)29)34-25(33)31-20-9-13-24(30-17-20)32-14-4-2-3-5-15-32/h6-13,16-17H,2-5,14-15H2,1H3,(H,31,33). The Morgan fingerprint density at radius 1 is 0.943 bits per heavy atom. The number of aromatic nitrogens is 1. The van der Waals surface area contributed by atoms with Crippen molar-refractivity contribution in [1.82, 2.24) is 4.98 Å². The molecule has 9 heteroatoms. The second-order valence-electron chi connectivity index (χ2n) is 8.37. The summed E-state index contributed by atoms with van der Waals surface area (Å²) >= 11 is 0. The smallest absolute Gasteiger partial charge is 0.410 e. The summed E-state index contributed by atoms with van der Waals surface area (Å²) in [4.78, 5) is 19.2. The Morgan fingerprint density at radius 3 is 2.26 bits per heavy atom. The van der Waals surface area contributed by atoms with E-state index >= 15 is 0 Å². The van der Waals surface area contributed by atoms with E-state index in [1.54, 1.807) is 30.5 Å². The number of anilines is 2. The highest BCUT2D eigenvalue weighted by molar-refractivity contribution is 5.86. The number of aryl methyl sites for hydroxylation is 1. The van der Waals surface area contributed by atoms with Gasteiger partial charge in [-0.15, -0.1) is 13.2 Å². The summed E-state index contributed by atoms with van der Waals surface area (Å²) in [5, 5.41) is 2.67. The summed E-state index contributed by atoms with van der Waals surface area (Å²) in [6.07, 6.45) is 0.961. The normalized spacial score (nSPS) is 14.2. The number of ether oxygens (including phenoxy) is 2. The Labute approximate surface area is 201 Å². The maximum atomic E-state index is 12.4. The van der Waals surface area contributed by atoms with Crippen LogP contribution in [0.1, 0.15) is 31.2 Å². The molecule has 0 radical (unpaired) electrons. The van der Waals surface area contributed by atoms with E-state index in [4.69, 9.17) is 4.74 Å². The molecule has 1 aromatic heterocycles. The Bertz CT molecular complexity index is 1140. The third-order valence-electron chi connectivity index (χ3n) is 5.74. The first-order valence-electron chi connectivity index (χ1n) is 11.4. The highest BCUT2D eigenvalue weighted by atomic mass is 19.4. The SMILES string of the molecule is Cc1ccc(OC(=O)Nc2ccc(N3CCCCCC3)nc2)cc1-c1ccc(OC(F)(F)F)cc1. The number of carbonyl (C=O) groups is 1. The lowest BCUT2D eigenvalue weighted by atomic mass is 10.0. The minimum Gasteiger partial charge on any atom is -0.410 e. The van der Waals surface area contributed by atoms with Gasteiger partial charge in [0.05, 0.1) is 11.9 Å². The number of carbonyl (C=O) groups excluding carboxylic acids is 1. The van der Waals surface area contributed by atoms with E-state index in [-0.39, 0.29) is 5.75 Å². The van der Waals surface area contributed by atoms with Gasteiger partial charge in [-0.2, -0.15) is 0 Å². The van der Waals surface area contributed by atoms with Crippen LogP contribution in [0.4, 0.5) is 29.5 Å². The van der Waals surface area contributed by atoms with Crippen LogP contribution in [-0.4, -0.2) is 30.5 Å². The van der Waals surface area contributed by atoms with Gasteiger partial charge in [-0.05, 0) is 72.9 Å². The van der Waals surface area contributed by atoms with Crippen LogP contribution in [0.2, 0.25) is 0 Å². The molecular weight excluding hydrogens is 459 g/mol. The fraction of sp³-hybridized carbons (Fsp3) is 0.308. The van der Waals surface area contributed by atoms with Crippen LogP contribution in [0.3, 0.4) is 0 Å². The fourth-order valence-corrected chi connectivity index (χ4v) is 4.01. The Balaban J connectivity index is 1.39. The monoisotopic (exact) mass is 485 g/mol. The van der Waals surface area contributed by atoms with Crippen LogP contribution < -0.4 is 19.7 Å². The van der Waals surface area contributed by atoms with Gasteiger partial charge in [-0.25, -0.2) is 9.78 Å². The average molecular weight is 486 g/mol. The molecule has 1 amide bonds. The van der Waals surface area contributed by atoms with Gasteiger partial charge >= 0.3 is 12.5 Å². The van der Waals surface area contributed by atoms with Crippen molar-refractivity contribution in [2.45, 2.75) is 39.0 Å². The first kappa shape index (κ1) is 24.4. The van der Waals surface area contributed by atoms with Crippen molar-refractivity contribution in [3.63, 3.8) is 0 Å². The molecule has 6 nitrogen and oxygen atoms in total. The van der Waals surface area contributed by atoms with Gasteiger partial charge in [0.15, 0.2) is 0 Å². The lowest BCUT2D eigenvalue weighted by Crippen LogP contribution is -2.25. The summed E-state index contributed by atoms with van der Waals surface area (Å²) in [7, 11) is 0. The van der Waals surface area contributed by atoms with Crippen LogP contribution in [0, 0.1) is 6.92 Å². The molecule has 1 fully saturated rings. The number of halogens is 3. The Hall–Kier alpha value is -3.75. The summed E-state index contributed by atoms with van der Waals surface area (Å²) in [6.45, 7) is 3.82. The molecule has 0 unspecified atom stereocenters. The molecular formula is C26H26F3N3O3. The van der Waals surface area contributed by atoms with Crippen molar-refractivity contribution in [1.29, 1.82) is 0 Å². The van der Waals surface area contributed by atoms with E-state index in [0.717, 1.165) is 42.9 Å². The maximum Gasteiger partial charge on any atom is 0.573 e. The van der Waals surface area contributed by atoms with E-state index in [1.807, 2.05) is 13.0 Å². The highest BCUT2D eigenvalue weighted by Gasteiger charge is 2.31. The fourth-order valence-electron chi connectivity index (χ4n) is 4.01. The van der Waals surface area contributed by atoms with Crippen LogP contribution in [0.5, 0.6) is 11.5 Å². The predicted molar refractivity (Wildman–Crippen MR) is 128 cm³/mol. The van der Waals surface area contributed by atoms with Gasteiger partial charge in [-0.1, -0.05) is 31.0 Å². The molecule has 0 saturated carbocycles. The third kappa shape index (κ3) is 6.88. The number of nitrogens with one attached hydrogen (secondary N) is 1. The van der Waals surface area contributed by atoms with Crippen molar-refractivity contribution in [3.8, 4) is 22.6 Å². The number of nitrogens with zero attached hydrogens (tertiary/aromatic N) is 2. The number of amides is 1. The van der Waals surface area contributed by atoms with Crippen LogP contribution in [0.25, 0.3) is 11.1 Å². The minimum atomic E-state index is -4.75. The largest absolute Gasteiger partial charge is 0.573 e. The van der Waals surface area contributed by atoms with Crippen molar-refractivity contribution in [2.24, 2.45) is 0 Å². The maximum absolute atomic E-state index is 12.4. The van der Waals surface area contributed by atoms with Crippen molar-refractivity contribution in [2.75, 3.05) is 23.3 Å². The number of benzene rings is 2. The molecule has 35 heavy (non-hydrogen) atoms. The van der Waals surface area contributed by atoms with Gasteiger partial charge in [-0.3, -0.25) is 5.32 Å². The van der Waals surface area contributed by atoms with E-state index in [9.17, 15) is 18.0 Å². The number of hydrogen-bond acceptors (Lipinski definition) is 5. The van der Waals surface area contributed by atoms with Gasteiger partial charge in [0.1, 0.15) is 17.3 Å². The van der Waals surface area contributed by atoms with Crippen LogP contribution in [0.15, 0.2) is 60.8 Å². The Kier molecular flexibility index (Phi) is 7.43. The number of hydrogen-bond donors (Lipinski definition) is 1. The summed E-state index contributed by atoms with van der Waals surface area (Å²) in [5.41, 5.74) is 2.77. The van der Waals surface area contributed by atoms with Gasteiger partial charge in [0, 0.05) is 13.1 Å². The zero-order valence-electron chi connectivity index (χ0n) is 19.3. The molecule has 0 bridgehead atoms. The second-order valence-corrected chi connectivity index (χ2v) is 8.37. The first-order chi connectivity index (χ1) is 16.8. The van der Waals surface area contributed by atoms with Gasteiger partial charge in [0.25, 0.3) is 0 Å². The summed E-state index contributed by atoms with van der Waals surface area (Å²) in [6, 6.07) is 14.3. The summed E-state index contributed by atoms with van der Waals surface area (Å²) < 4.78 is 46.5. The quantitative estimate of drug-likeness (QED) is 0.424. The van der Waals surface area contributed by atoms with Crippen molar-refractivity contribution >= 4 is 17.6 Å². The van der Waals surface area contributed by atoms with Gasteiger partial charge in [0.2, 0.25) is 0 Å². The molecule has 1 aliphatic rings. The highest BCUT2D eigenvalue weighted by Crippen LogP contribution is 2.31. The molecule has 1 aliphatic heterocycles. The van der Waals surface area contributed by atoms with Crippen LogP contribution in [-0.2, 0) is 0 Å². The molecule has 4 rings (SSSR count). The zero-order valence-corrected chi connectivity index (χ0v) is 19.3. The molecule has 0 atom stereocenters. The lowest BCUT2D eigenvalue weighted by molar-refractivity contribution is -0.274. The molecule has 2 aromatic carbocycles. The number of pyridine rings is 1. The molecule has 3 aromatic rings. The van der Waals surface area contributed by atoms with Crippen LogP contribution >= 0.6 is 0 Å². The first-order valence-corrected chi connectivity index (χ1v) is 11.4. The minimum absolute atomic E-state index is 0.299. The molecule has 0 aliphatic carbocycles. The molecule has 0 spiro atoms. The Morgan fingerprint density at radius 2 is 1.63 bits per heavy atom. The number of alkyl halides is 3.